The Kier molecular flexibility index (Phi) is 31.4. The number of carbonyl (C=O) groups excluding carboxylic acids is 3. The molecular weight excluding hydrogens is 630 g/mol. The maximum absolute atomic E-state index is 9.98. The second kappa shape index (κ2) is 25.8. The maximum Gasteiger partial charge on any atom is 2.00 e. The van der Waals surface area contributed by atoms with Gasteiger partial charge in [0.15, 0.2) is 0 Å². The summed E-state index contributed by atoms with van der Waals surface area (Å²) in [6.07, 6.45) is -24.2. The van der Waals surface area contributed by atoms with Crippen LogP contribution in [0.25, 0.3) is 0 Å². The molecule has 0 aromatic rings. The predicted octanol–water partition coefficient (Wildman–Crippen LogP) is -17.5. The summed E-state index contributed by atoms with van der Waals surface area (Å²) in [6.45, 7) is -2.59. The Morgan fingerprint density at radius 1 is 0.415 bits per heavy atom. The van der Waals surface area contributed by atoms with E-state index in [1.165, 1.54) is 0 Å². The average molecular weight is 663 g/mol. The minimum absolute atomic E-state index is 0. The number of carboxylic acid groups (broad SMARTS) is 3. The average Bonchev–Trinajstić information content (AvgIpc) is 2.92. The van der Waals surface area contributed by atoms with E-state index in [1.54, 1.807) is 0 Å². The molecule has 0 rings (SSSR count). The molecule has 0 aliphatic rings. The summed E-state index contributed by atoms with van der Waals surface area (Å²) in [6, 6.07) is 0. The van der Waals surface area contributed by atoms with Crippen molar-refractivity contribution in [3.8, 4) is 0 Å². The van der Waals surface area contributed by atoms with Gasteiger partial charge in [0.1, 0.15) is 73.2 Å². The molecule has 0 fully saturated rings. The molecule has 12 atom stereocenters. The van der Waals surface area contributed by atoms with Gasteiger partial charge in [-0.25, -0.2) is 0 Å². The number of rotatable bonds is 15. The van der Waals surface area contributed by atoms with Gasteiger partial charge in [0.2, 0.25) is 0 Å². The maximum atomic E-state index is 9.98. The molecule has 0 spiro atoms. The molecule has 0 aliphatic carbocycles. The van der Waals surface area contributed by atoms with E-state index < -0.39 is 111 Å². The first-order chi connectivity index (χ1) is 17.7. The molecule has 0 amide bonds. The Morgan fingerprint density at radius 2 is 0.561 bits per heavy atom. The van der Waals surface area contributed by atoms with Crippen LogP contribution < -0.4 is 44.9 Å². The fraction of sp³-hybridized carbons (Fsp3) is 0.833. The van der Waals surface area contributed by atoms with Crippen LogP contribution in [0.4, 0.5) is 0 Å². The number of aliphatic carboxylic acids is 3. The number of hydrogen-bond donors (Lipinski definition) is 15. The zero-order chi connectivity index (χ0) is 31.8. The third kappa shape index (κ3) is 19.3. The predicted molar refractivity (Wildman–Crippen MR) is 108 cm³/mol. The molecule has 23 heteroatoms. The largest absolute Gasteiger partial charge is 2.00 e. The Bertz CT molecular complexity index is 615. The van der Waals surface area contributed by atoms with Gasteiger partial charge in [0, 0.05) is 0 Å². The van der Waals surface area contributed by atoms with Crippen molar-refractivity contribution in [2.75, 3.05) is 19.8 Å². The summed E-state index contributed by atoms with van der Waals surface area (Å²) < 4.78 is 0. The summed E-state index contributed by atoms with van der Waals surface area (Å²) in [5.41, 5.74) is 0. The fourth-order valence-corrected chi connectivity index (χ4v) is 1.99. The molecule has 0 bridgehead atoms. The standard InChI is InChI=1S/3C6H12O7.Mn.Na/c3*7-1-2(8)3(9)4(10)5(11)6(12)13;;/h3*2-5,7-11H,1H2,(H,12,13);;/q;;;+2;+1/p-3/t3*2-,3-,4+,5-;;/m111../s1. The number of carbonyl (C=O) groups is 3. The van der Waals surface area contributed by atoms with Crippen molar-refractivity contribution in [2.24, 2.45) is 0 Å². The first-order valence-electron chi connectivity index (χ1n) is 10.4. The normalized spacial score (nSPS) is 19.4. The van der Waals surface area contributed by atoms with Crippen molar-refractivity contribution in [2.45, 2.75) is 73.2 Å². The first-order valence-corrected chi connectivity index (χ1v) is 10.4. The van der Waals surface area contributed by atoms with Crippen molar-refractivity contribution in [3.05, 3.63) is 0 Å². The zero-order valence-electron chi connectivity index (χ0n) is 21.1. The number of carboxylic acids is 3. The van der Waals surface area contributed by atoms with Gasteiger partial charge in [0.05, 0.1) is 37.7 Å². The Labute approximate surface area is 263 Å². The van der Waals surface area contributed by atoms with Crippen LogP contribution in [-0.2, 0) is 31.5 Å². The van der Waals surface area contributed by atoms with Crippen LogP contribution in [0.15, 0.2) is 0 Å². The Morgan fingerprint density at radius 3 is 0.659 bits per heavy atom. The fourth-order valence-electron chi connectivity index (χ4n) is 1.99. The summed E-state index contributed by atoms with van der Waals surface area (Å²) in [7, 11) is 0. The van der Waals surface area contributed by atoms with Gasteiger partial charge < -0.3 is 106 Å². The van der Waals surface area contributed by atoms with Crippen molar-refractivity contribution >= 4 is 17.9 Å². The van der Waals surface area contributed by atoms with E-state index in [-0.39, 0.29) is 46.6 Å². The van der Waals surface area contributed by atoms with Gasteiger partial charge in [-0.2, -0.15) is 0 Å². The Balaban J connectivity index is -0.000000154. The van der Waals surface area contributed by atoms with Crippen LogP contribution in [0.3, 0.4) is 0 Å². The third-order valence-corrected chi connectivity index (χ3v) is 4.49. The molecule has 0 aromatic carbocycles. The second-order valence-electron chi connectivity index (χ2n) is 7.48. The van der Waals surface area contributed by atoms with Gasteiger partial charge in [-0.15, -0.1) is 0 Å². The molecule has 0 unspecified atom stereocenters. The summed E-state index contributed by atoms with van der Waals surface area (Å²) in [4.78, 5) is 29.9. The molecule has 15 N–H and O–H groups in total. The van der Waals surface area contributed by atoms with Crippen molar-refractivity contribution in [1.82, 2.24) is 0 Å². The first kappa shape index (κ1) is 50.0. The molecule has 239 valence electrons. The minimum atomic E-state index is -2.31. The van der Waals surface area contributed by atoms with E-state index in [9.17, 15) is 29.7 Å². The van der Waals surface area contributed by atoms with E-state index >= 15 is 0 Å². The number of aliphatic hydroxyl groups excluding tert-OH is 15. The molecule has 0 saturated carbocycles. The van der Waals surface area contributed by atoms with E-state index in [0.29, 0.717) is 0 Å². The number of aliphatic hydroxyl groups is 15. The van der Waals surface area contributed by atoms with Crippen LogP contribution in [0, 0.1) is 0 Å². The third-order valence-electron chi connectivity index (χ3n) is 4.49. The van der Waals surface area contributed by atoms with Crippen LogP contribution in [0.1, 0.15) is 0 Å². The van der Waals surface area contributed by atoms with Gasteiger partial charge in [0.25, 0.3) is 0 Å². The molecule has 21 nitrogen and oxygen atoms in total. The van der Waals surface area contributed by atoms with Crippen LogP contribution in [-0.4, -0.2) is 188 Å². The SMILES string of the molecule is O=C([O-])[C@H](O)[C@@H](O)[C@H](O)[C@H](O)CO.O=C([O-])[C@H](O)[C@@H](O)[C@H](O)[C@H](O)CO.O=C([O-])[C@H](O)[C@@H](O)[C@H](O)[C@H](O)CO.[Mn+2].[Na+]. The molecule has 0 saturated heterocycles. The smallest absolute Gasteiger partial charge is 0.547 e. The van der Waals surface area contributed by atoms with Crippen LogP contribution >= 0.6 is 0 Å². The van der Waals surface area contributed by atoms with Gasteiger partial charge in [-0.05, 0) is 0 Å². The summed E-state index contributed by atoms with van der Waals surface area (Å²) in [5.74, 6) is -5.93. The van der Waals surface area contributed by atoms with E-state index in [1.807, 2.05) is 0 Å². The second-order valence-corrected chi connectivity index (χ2v) is 7.48. The topological polar surface area (TPSA) is 424 Å². The van der Waals surface area contributed by atoms with Crippen LogP contribution in [0.2, 0.25) is 0 Å². The van der Waals surface area contributed by atoms with Gasteiger partial charge in [-0.3, -0.25) is 0 Å². The van der Waals surface area contributed by atoms with E-state index in [0.717, 1.165) is 0 Å². The summed E-state index contributed by atoms with van der Waals surface area (Å²) >= 11 is 0. The number of hydrogen-bond acceptors (Lipinski definition) is 21. The van der Waals surface area contributed by atoms with Crippen molar-refractivity contribution in [3.63, 3.8) is 0 Å². The molecule has 41 heavy (non-hydrogen) atoms. The molecular formula is C18H33MnNaO21. The van der Waals surface area contributed by atoms with Gasteiger partial charge in [-0.1, -0.05) is 0 Å². The molecule has 0 aromatic heterocycles. The molecule has 1 radical (unpaired) electrons. The van der Waals surface area contributed by atoms with E-state index in [4.69, 9.17) is 76.6 Å². The van der Waals surface area contributed by atoms with Crippen LogP contribution in [0.5, 0.6) is 0 Å². The van der Waals surface area contributed by atoms with Crippen molar-refractivity contribution in [1.29, 1.82) is 0 Å². The quantitative estimate of drug-likeness (QED) is 0.0723. The van der Waals surface area contributed by atoms with Crippen molar-refractivity contribution < 1.29 is 153 Å². The van der Waals surface area contributed by atoms with E-state index in [2.05, 4.69) is 0 Å². The van der Waals surface area contributed by atoms with Gasteiger partial charge >= 0.3 is 46.6 Å². The molecule has 0 aliphatic heterocycles. The molecule has 0 heterocycles. The monoisotopic (exact) mass is 663 g/mol. The summed E-state index contributed by atoms with van der Waals surface area (Å²) in [5, 5.41) is 160. The minimum Gasteiger partial charge on any atom is -0.547 e. The zero-order valence-corrected chi connectivity index (χ0v) is 24.3. The Hall–Kier alpha value is -0.671.